The van der Waals surface area contributed by atoms with Crippen LogP contribution in [0.1, 0.15) is 28.1 Å². The molecule has 1 fully saturated rings. The largest absolute Gasteiger partial charge is 0.336 e. The van der Waals surface area contributed by atoms with Gasteiger partial charge in [0.25, 0.3) is 5.91 Å². The van der Waals surface area contributed by atoms with Crippen LogP contribution < -0.4 is 5.73 Å². The van der Waals surface area contributed by atoms with Crippen LogP contribution in [0.15, 0.2) is 9.85 Å². The maximum absolute atomic E-state index is 12.2. The van der Waals surface area contributed by atoms with E-state index in [1.54, 1.807) is 0 Å². The Bertz CT molecular complexity index is 385. The van der Waals surface area contributed by atoms with E-state index in [-0.39, 0.29) is 11.9 Å². The van der Waals surface area contributed by atoms with Crippen LogP contribution in [-0.2, 0) is 0 Å². The van der Waals surface area contributed by atoms with E-state index in [0.29, 0.717) is 6.54 Å². The number of nitrogens with two attached hydrogens (primary N) is 1. The number of carbonyl (C=O) groups is 1. The van der Waals surface area contributed by atoms with Crippen molar-refractivity contribution in [3.05, 3.63) is 20.3 Å². The summed E-state index contributed by atoms with van der Waals surface area (Å²) in [5.74, 6) is 0.119. The van der Waals surface area contributed by atoms with Crippen molar-refractivity contribution in [3.63, 3.8) is 0 Å². The number of hydrogen-bond donors (Lipinski definition) is 1. The smallest absolute Gasteiger partial charge is 0.264 e. The molecule has 0 aliphatic carbocycles. The van der Waals surface area contributed by atoms with Gasteiger partial charge in [-0.15, -0.1) is 11.3 Å². The van der Waals surface area contributed by atoms with Crippen LogP contribution >= 0.6 is 27.3 Å². The predicted octanol–water partition coefficient (Wildman–Crippen LogP) is 2.38. The van der Waals surface area contributed by atoms with Crippen LogP contribution in [-0.4, -0.2) is 29.9 Å². The van der Waals surface area contributed by atoms with Gasteiger partial charge in [0.15, 0.2) is 0 Å². The van der Waals surface area contributed by atoms with E-state index in [0.717, 1.165) is 33.6 Å². The first kappa shape index (κ1) is 12.1. The summed E-state index contributed by atoms with van der Waals surface area (Å²) in [5.41, 5.74) is 7.00. The fourth-order valence-electron chi connectivity index (χ4n) is 1.92. The lowest BCUT2D eigenvalue weighted by atomic mass is 10.1. The lowest BCUT2D eigenvalue weighted by Crippen LogP contribution is -2.45. The van der Waals surface area contributed by atoms with Gasteiger partial charge in [-0.05, 0) is 47.3 Å². The zero-order valence-corrected chi connectivity index (χ0v) is 11.6. The van der Waals surface area contributed by atoms with Crippen molar-refractivity contribution in [1.29, 1.82) is 0 Å². The fourth-order valence-corrected chi connectivity index (χ4v) is 3.42. The highest BCUT2D eigenvalue weighted by molar-refractivity contribution is 9.11. The van der Waals surface area contributed by atoms with Crippen LogP contribution in [0.25, 0.3) is 0 Å². The van der Waals surface area contributed by atoms with Gasteiger partial charge in [0, 0.05) is 19.1 Å². The average Bonchev–Trinajstić information content (AvgIpc) is 2.58. The minimum atomic E-state index is 0.119. The zero-order valence-electron chi connectivity index (χ0n) is 9.20. The second kappa shape index (κ2) is 4.85. The molecule has 1 aliphatic heterocycles. The highest BCUT2D eigenvalue weighted by Crippen LogP contribution is 2.28. The monoisotopic (exact) mass is 302 g/mol. The van der Waals surface area contributed by atoms with Gasteiger partial charge in [-0.25, -0.2) is 0 Å². The van der Waals surface area contributed by atoms with Gasteiger partial charge < -0.3 is 10.6 Å². The molecule has 0 spiro atoms. The molecule has 2 rings (SSSR count). The number of carbonyl (C=O) groups excluding carboxylic acids is 1. The van der Waals surface area contributed by atoms with E-state index >= 15 is 0 Å². The molecule has 1 saturated heterocycles. The van der Waals surface area contributed by atoms with Gasteiger partial charge in [-0.3, -0.25) is 4.79 Å². The Morgan fingerprint density at radius 1 is 1.69 bits per heavy atom. The van der Waals surface area contributed by atoms with Crippen LogP contribution in [0.2, 0.25) is 0 Å². The molecular weight excluding hydrogens is 288 g/mol. The topological polar surface area (TPSA) is 46.3 Å². The molecule has 16 heavy (non-hydrogen) atoms. The van der Waals surface area contributed by atoms with E-state index in [1.807, 2.05) is 17.9 Å². The minimum absolute atomic E-state index is 0.119. The molecule has 0 aromatic carbocycles. The average molecular weight is 303 g/mol. The molecule has 0 bridgehead atoms. The SMILES string of the molecule is Cc1cc(C(=O)N2CCC[C@@H](N)C2)sc1Br. The summed E-state index contributed by atoms with van der Waals surface area (Å²) in [6.45, 7) is 3.52. The van der Waals surface area contributed by atoms with E-state index < -0.39 is 0 Å². The number of likely N-dealkylation sites (tertiary alicyclic amines) is 1. The molecule has 3 nitrogen and oxygen atoms in total. The van der Waals surface area contributed by atoms with E-state index in [4.69, 9.17) is 5.73 Å². The van der Waals surface area contributed by atoms with Crippen LogP contribution in [0.5, 0.6) is 0 Å². The third-order valence-corrected chi connectivity index (χ3v) is 4.94. The summed E-state index contributed by atoms with van der Waals surface area (Å²) >= 11 is 4.95. The van der Waals surface area contributed by atoms with Crippen LogP contribution in [0, 0.1) is 6.92 Å². The molecule has 88 valence electrons. The first-order chi connectivity index (χ1) is 7.58. The van der Waals surface area contributed by atoms with Crippen molar-refractivity contribution >= 4 is 33.2 Å². The van der Waals surface area contributed by atoms with Crippen molar-refractivity contribution in [2.24, 2.45) is 5.73 Å². The Morgan fingerprint density at radius 2 is 2.44 bits per heavy atom. The number of piperidine rings is 1. The maximum atomic E-state index is 12.2. The number of nitrogens with zero attached hydrogens (tertiary/aromatic N) is 1. The molecule has 5 heteroatoms. The number of thiophene rings is 1. The first-order valence-electron chi connectivity index (χ1n) is 5.38. The Balaban J connectivity index is 2.12. The van der Waals surface area contributed by atoms with Gasteiger partial charge in [0.2, 0.25) is 0 Å². The van der Waals surface area contributed by atoms with E-state index in [1.165, 1.54) is 11.3 Å². The van der Waals surface area contributed by atoms with Crippen LogP contribution in [0.3, 0.4) is 0 Å². The van der Waals surface area contributed by atoms with Gasteiger partial charge in [-0.2, -0.15) is 0 Å². The molecule has 1 atom stereocenters. The Labute approximate surface area is 108 Å². The number of halogens is 1. The summed E-state index contributed by atoms with van der Waals surface area (Å²) in [4.78, 5) is 14.8. The summed E-state index contributed by atoms with van der Waals surface area (Å²) < 4.78 is 1.04. The zero-order chi connectivity index (χ0) is 11.7. The molecule has 1 aliphatic rings. The van der Waals surface area contributed by atoms with Gasteiger partial charge in [-0.1, -0.05) is 0 Å². The lowest BCUT2D eigenvalue weighted by molar-refractivity contribution is 0.0713. The highest BCUT2D eigenvalue weighted by Gasteiger charge is 2.23. The van der Waals surface area contributed by atoms with Crippen molar-refractivity contribution in [2.75, 3.05) is 13.1 Å². The summed E-state index contributed by atoms with van der Waals surface area (Å²) in [6, 6.07) is 2.08. The van der Waals surface area contributed by atoms with Crippen molar-refractivity contribution in [2.45, 2.75) is 25.8 Å². The molecular formula is C11H15BrN2OS. The molecule has 0 unspecified atom stereocenters. The van der Waals surface area contributed by atoms with Crippen molar-refractivity contribution < 1.29 is 4.79 Å². The molecule has 1 aromatic heterocycles. The molecule has 1 amide bonds. The van der Waals surface area contributed by atoms with Crippen molar-refractivity contribution in [1.82, 2.24) is 4.90 Å². The minimum Gasteiger partial charge on any atom is -0.336 e. The number of amides is 1. The Morgan fingerprint density at radius 3 is 3.00 bits per heavy atom. The fraction of sp³-hybridized carbons (Fsp3) is 0.545. The third-order valence-electron chi connectivity index (χ3n) is 2.81. The Hall–Kier alpha value is -0.390. The third kappa shape index (κ3) is 2.47. The molecule has 0 saturated carbocycles. The van der Waals surface area contributed by atoms with E-state index in [9.17, 15) is 4.79 Å². The van der Waals surface area contributed by atoms with Gasteiger partial charge in [0.1, 0.15) is 0 Å². The highest BCUT2D eigenvalue weighted by atomic mass is 79.9. The Kier molecular flexibility index (Phi) is 3.66. The lowest BCUT2D eigenvalue weighted by Gasteiger charge is -2.30. The predicted molar refractivity (Wildman–Crippen MR) is 69.9 cm³/mol. The van der Waals surface area contributed by atoms with Gasteiger partial charge in [0.05, 0.1) is 8.66 Å². The molecule has 2 heterocycles. The van der Waals surface area contributed by atoms with Gasteiger partial charge >= 0.3 is 0 Å². The normalized spacial score (nSPS) is 21.2. The second-order valence-electron chi connectivity index (χ2n) is 4.22. The quantitative estimate of drug-likeness (QED) is 0.866. The summed E-state index contributed by atoms with van der Waals surface area (Å²) in [7, 11) is 0. The number of rotatable bonds is 1. The maximum Gasteiger partial charge on any atom is 0.264 e. The molecule has 0 radical (unpaired) electrons. The van der Waals surface area contributed by atoms with E-state index in [2.05, 4.69) is 15.9 Å². The summed E-state index contributed by atoms with van der Waals surface area (Å²) in [6.07, 6.45) is 2.04. The first-order valence-corrected chi connectivity index (χ1v) is 6.99. The number of aryl methyl sites for hydroxylation is 1. The van der Waals surface area contributed by atoms with Crippen LogP contribution in [0.4, 0.5) is 0 Å². The summed E-state index contributed by atoms with van der Waals surface area (Å²) in [5, 5.41) is 0. The number of hydrogen-bond acceptors (Lipinski definition) is 3. The standard InChI is InChI=1S/C11H15BrN2OS/c1-7-5-9(16-10(7)12)11(15)14-4-2-3-8(13)6-14/h5,8H,2-4,6,13H2,1H3/t8-/m1/s1. The van der Waals surface area contributed by atoms with Crippen molar-refractivity contribution in [3.8, 4) is 0 Å². The second-order valence-corrected chi connectivity index (χ2v) is 6.59. The molecule has 2 N–H and O–H groups in total. The molecule has 1 aromatic rings.